The standard InChI is InChI=1S/C33H31F.C30H20F6/c1-3-5-7-26-8-10-27(11-9-26)12-13-28-16-23-32(33(34)24-28)31-21-19-30(20-22-31)29-17-14-25(6-4-2)15-18-29;1-2-3-19-4-6-20(7-5-19)8-9-21-10-13-24(27(31)16-21)22-11-14-25(28(32)17-22)23-12-15-26(29(33)18-23)30(34,35)36/h5,7-24H,3-4,6H2,1-2H3;2,4-18H,1,3H2/b7-5+,13-12+;9-8+. The Morgan fingerprint density at radius 2 is 0.786 bits per heavy atom. The highest BCUT2D eigenvalue weighted by Crippen LogP contribution is 2.36. The van der Waals surface area contributed by atoms with Crippen molar-refractivity contribution < 1.29 is 30.7 Å². The van der Waals surface area contributed by atoms with E-state index in [1.54, 1.807) is 18.2 Å². The highest BCUT2D eigenvalue weighted by atomic mass is 19.4. The van der Waals surface area contributed by atoms with Crippen LogP contribution in [0.3, 0.4) is 0 Å². The van der Waals surface area contributed by atoms with Crippen molar-refractivity contribution in [3.05, 3.63) is 256 Å². The monoisotopic (exact) mass is 940 g/mol. The van der Waals surface area contributed by atoms with Crippen LogP contribution in [0.2, 0.25) is 0 Å². The van der Waals surface area contributed by atoms with Gasteiger partial charge >= 0.3 is 6.18 Å². The van der Waals surface area contributed by atoms with E-state index in [4.69, 9.17) is 0 Å². The molecule has 0 nitrogen and oxygen atoms in total. The zero-order valence-electron chi connectivity index (χ0n) is 38.9. The number of allylic oxidation sites excluding steroid dienone is 2. The predicted octanol–water partition coefficient (Wildman–Crippen LogP) is 19.1. The normalized spacial score (nSPS) is 11.6. The third-order valence-corrected chi connectivity index (χ3v) is 11.7. The van der Waals surface area contributed by atoms with Crippen molar-refractivity contribution in [1.29, 1.82) is 0 Å². The Bertz CT molecular complexity index is 3120. The Morgan fingerprint density at radius 1 is 0.400 bits per heavy atom. The Morgan fingerprint density at radius 3 is 1.26 bits per heavy atom. The van der Waals surface area contributed by atoms with E-state index in [-0.39, 0.29) is 28.1 Å². The van der Waals surface area contributed by atoms with Crippen LogP contribution in [0.25, 0.3) is 74.9 Å². The van der Waals surface area contributed by atoms with Crippen molar-refractivity contribution in [3.63, 3.8) is 0 Å². The molecule has 8 aromatic carbocycles. The van der Waals surface area contributed by atoms with Gasteiger partial charge in [-0.15, -0.1) is 6.58 Å². The molecular formula is C63H51F7. The molecule has 0 spiro atoms. The molecule has 0 N–H and O–H groups in total. The number of hydrogen-bond donors (Lipinski definition) is 0. The van der Waals surface area contributed by atoms with Gasteiger partial charge in [0.05, 0.1) is 5.56 Å². The molecule has 0 aliphatic carbocycles. The topological polar surface area (TPSA) is 0 Å². The fraction of sp³-hybridized carbons (Fsp3) is 0.111. The van der Waals surface area contributed by atoms with Gasteiger partial charge in [-0.05, 0) is 116 Å². The number of aryl methyl sites for hydroxylation is 1. The summed E-state index contributed by atoms with van der Waals surface area (Å²) < 4.78 is 96.9. The minimum Gasteiger partial charge on any atom is -0.206 e. The molecule has 0 bridgehead atoms. The van der Waals surface area contributed by atoms with E-state index < -0.39 is 29.2 Å². The Kier molecular flexibility index (Phi) is 16.8. The lowest BCUT2D eigenvalue weighted by Crippen LogP contribution is -2.07. The summed E-state index contributed by atoms with van der Waals surface area (Å²) in [4.78, 5) is 0. The maximum Gasteiger partial charge on any atom is 0.419 e. The van der Waals surface area contributed by atoms with Gasteiger partial charge in [-0.2, -0.15) is 13.2 Å². The first-order valence-electron chi connectivity index (χ1n) is 23.1. The van der Waals surface area contributed by atoms with Crippen LogP contribution < -0.4 is 0 Å². The highest BCUT2D eigenvalue weighted by molar-refractivity contribution is 5.76. The van der Waals surface area contributed by atoms with Crippen LogP contribution >= 0.6 is 0 Å². The lowest BCUT2D eigenvalue weighted by atomic mass is 9.97. The Labute approximate surface area is 406 Å². The molecule has 70 heavy (non-hydrogen) atoms. The van der Waals surface area contributed by atoms with Gasteiger partial charge in [0, 0.05) is 16.7 Å². The summed E-state index contributed by atoms with van der Waals surface area (Å²) in [5, 5.41) is 0. The van der Waals surface area contributed by atoms with E-state index in [1.165, 1.54) is 41.0 Å². The quantitative estimate of drug-likeness (QED) is 0.0579. The van der Waals surface area contributed by atoms with Crippen molar-refractivity contribution in [1.82, 2.24) is 0 Å². The van der Waals surface area contributed by atoms with E-state index >= 15 is 0 Å². The maximum atomic E-state index is 14.9. The van der Waals surface area contributed by atoms with Crippen LogP contribution in [0.1, 0.15) is 71.2 Å². The number of benzene rings is 8. The van der Waals surface area contributed by atoms with Gasteiger partial charge in [-0.1, -0.05) is 202 Å². The smallest absolute Gasteiger partial charge is 0.206 e. The lowest BCUT2D eigenvalue weighted by molar-refractivity contribution is -0.139. The van der Waals surface area contributed by atoms with E-state index in [2.05, 4.69) is 93.2 Å². The molecular weight excluding hydrogens is 890 g/mol. The van der Waals surface area contributed by atoms with E-state index in [9.17, 15) is 30.7 Å². The highest BCUT2D eigenvalue weighted by Gasteiger charge is 2.34. The molecule has 0 aromatic heterocycles. The van der Waals surface area contributed by atoms with Gasteiger partial charge in [0.15, 0.2) is 0 Å². The largest absolute Gasteiger partial charge is 0.419 e. The summed E-state index contributed by atoms with van der Waals surface area (Å²) >= 11 is 0. The van der Waals surface area contributed by atoms with Crippen LogP contribution in [-0.4, -0.2) is 0 Å². The first-order valence-corrected chi connectivity index (χ1v) is 23.1. The van der Waals surface area contributed by atoms with Crippen molar-refractivity contribution in [2.45, 2.75) is 45.7 Å². The van der Waals surface area contributed by atoms with Crippen molar-refractivity contribution in [2.24, 2.45) is 0 Å². The molecule has 0 aliphatic heterocycles. The van der Waals surface area contributed by atoms with Crippen LogP contribution in [0.5, 0.6) is 0 Å². The third kappa shape index (κ3) is 13.3. The predicted molar refractivity (Wildman–Crippen MR) is 277 cm³/mol. The second-order valence-corrected chi connectivity index (χ2v) is 16.8. The molecule has 0 saturated carbocycles. The molecule has 0 amide bonds. The fourth-order valence-electron chi connectivity index (χ4n) is 7.85. The van der Waals surface area contributed by atoms with Crippen LogP contribution in [0.4, 0.5) is 30.7 Å². The minimum atomic E-state index is -4.85. The van der Waals surface area contributed by atoms with Crippen LogP contribution in [0.15, 0.2) is 189 Å². The van der Waals surface area contributed by atoms with Gasteiger partial charge in [-0.25, -0.2) is 17.6 Å². The maximum absolute atomic E-state index is 14.9. The number of halogens is 7. The number of rotatable bonds is 14. The minimum absolute atomic E-state index is 0.0527. The molecule has 0 heterocycles. The summed E-state index contributed by atoms with van der Waals surface area (Å²) in [6.07, 6.45) is 12.9. The third-order valence-electron chi connectivity index (χ3n) is 11.7. The first kappa shape index (κ1) is 50.1. The van der Waals surface area contributed by atoms with Crippen LogP contribution in [0, 0.1) is 23.3 Å². The van der Waals surface area contributed by atoms with Crippen molar-refractivity contribution >= 4 is 30.4 Å². The summed E-state index contributed by atoms with van der Waals surface area (Å²) in [7, 11) is 0. The molecule has 7 heteroatoms. The SMILES string of the molecule is C=CCc1ccc(/C=C/c2ccc(-c3ccc(-c4ccc(C(F)(F)F)c(F)c4)c(F)c3)c(F)c2)cc1.CC/C=C/c1ccc(/C=C/c2ccc(-c3ccc(-c4ccc(CCC)cc4)cc3)c(F)c2)cc1. The van der Waals surface area contributed by atoms with E-state index in [1.807, 2.05) is 72.8 Å². The average molecular weight is 941 g/mol. The van der Waals surface area contributed by atoms with E-state index in [0.29, 0.717) is 23.3 Å². The second-order valence-electron chi connectivity index (χ2n) is 16.8. The van der Waals surface area contributed by atoms with Crippen molar-refractivity contribution in [3.8, 4) is 44.5 Å². The molecule has 0 fully saturated rings. The molecule has 0 unspecified atom stereocenters. The second kappa shape index (κ2) is 23.5. The van der Waals surface area contributed by atoms with Gasteiger partial charge < -0.3 is 0 Å². The molecule has 0 radical (unpaired) electrons. The Hall–Kier alpha value is -7.77. The van der Waals surface area contributed by atoms with E-state index in [0.717, 1.165) is 71.2 Å². The summed E-state index contributed by atoms with van der Waals surface area (Å²) in [5.74, 6) is -3.08. The van der Waals surface area contributed by atoms with Crippen molar-refractivity contribution in [2.75, 3.05) is 0 Å². The van der Waals surface area contributed by atoms with Crippen LogP contribution in [-0.2, 0) is 19.0 Å². The lowest BCUT2D eigenvalue weighted by Gasteiger charge is -2.11. The summed E-state index contributed by atoms with van der Waals surface area (Å²) in [6, 6.07) is 49.0. The Balaban J connectivity index is 0.000000207. The summed E-state index contributed by atoms with van der Waals surface area (Å²) in [5.41, 5.74) is 9.85. The summed E-state index contributed by atoms with van der Waals surface area (Å²) in [6.45, 7) is 8.03. The zero-order valence-corrected chi connectivity index (χ0v) is 38.9. The molecule has 352 valence electrons. The van der Waals surface area contributed by atoms with Gasteiger partial charge in [0.25, 0.3) is 0 Å². The molecule has 8 aromatic rings. The molecule has 8 rings (SSSR count). The van der Waals surface area contributed by atoms with Gasteiger partial charge in [0.1, 0.15) is 23.3 Å². The first-order chi connectivity index (χ1) is 33.8. The molecule has 0 aliphatic rings. The molecule has 0 atom stereocenters. The fourth-order valence-corrected chi connectivity index (χ4v) is 7.85. The van der Waals surface area contributed by atoms with Gasteiger partial charge in [0.2, 0.25) is 0 Å². The number of alkyl halides is 3. The average Bonchev–Trinajstić information content (AvgIpc) is 3.35. The van der Waals surface area contributed by atoms with Gasteiger partial charge in [-0.3, -0.25) is 0 Å². The number of hydrogen-bond acceptors (Lipinski definition) is 0. The zero-order chi connectivity index (χ0) is 49.6. The molecule has 0 saturated heterocycles.